The van der Waals surface area contributed by atoms with E-state index in [9.17, 15) is 18.0 Å². The maximum Gasteiger partial charge on any atom is 0.416 e. The molecule has 2 aromatic rings. The minimum absolute atomic E-state index is 0.0507. The van der Waals surface area contributed by atoms with Crippen LogP contribution in [0.1, 0.15) is 29.8 Å². The summed E-state index contributed by atoms with van der Waals surface area (Å²) in [6.45, 7) is 3.20. The first-order chi connectivity index (χ1) is 12.4. The Morgan fingerprint density at radius 2 is 1.81 bits per heavy atom. The van der Waals surface area contributed by atoms with E-state index in [1.807, 2.05) is 42.2 Å². The van der Waals surface area contributed by atoms with E-state index in [-0.39, 0.29) is 12.5 Å². The molecule has 26 heavy (non-hydrogen) atoms. The van der Waals surface area contributed by atoms with Crippen molar-refractivity contribution in [3.63, 3.8) is 0 Å². The number of hydrogen-bond donors (Lipinski definition) is 0. The molecule has 0 saturated carbocycles. The molecule has 0 N–H and O–H groups in total. The van der Waals surface area contributed by atoms with Crippen molar-refractivity contribution in [3.05, 3.63) is 71.3 Å². The number of benzene rings is 2. The van der Waals surface area contributed by atoms with Crippen LogP contribution in [0.2, 0.25) is 0 Å². The van der Waals surface area contributed by atoms with Crippen LogP contribution in [0.15, 0.2) is 54.6 Å². The fourth-order valence-electron chi connectivity index (χ4n) is 3.38. The molecule has 1 fully saturated rings. The molecule has 0 bridgehead atoms. The van der Waals surface area contributed by atoms with Crippen LogP contribution in [0.5, 0.6) is 0 Å². The Balaban J connectivity index is 1.87. The van der Waals surface area contributed by atoms with Gasteiger partial charge in [-0.3, -0.25) is 9.69 Å². The van der Waals surface area contributed by atoms with E-state index in [0.717, 1.165) is 17.7 Å². The molecule has 0 spiro atoms. The molecule has 138 valence electrons. The zero-order valence-electron chi connectivity index (χ0n) is 14.5. The number of likely N-dealkylation sites (N-methyl/N-ethyl adjacent to an activating group) is 1. The Morgan fingerprint density at radius 3 is 2.46 bits per heavy atom. The van der Waals surface area contributed by atoms with E-state index in [2.05, 4.69) is 0 Å². The van der Waals surface area contributed by atoms with Gasteiger partial charge in [0, 0.05) is 6.54 Å². The molecule has 1 saturated heterocycles. The highest BCUT2D eigenvalue weighted by molar-refractivity contribution is 5.81. The van der Waals surface area contributed by atoms with Crippen LogP contribution in [-0.2, 0) is 17.4 Å². The molecule has 2 aromatic carbocycles. The van der Waals surface area contributed by atoms with Gasteiger partial charge in [-0.15, -0.1) is 0 Å². The van der Waals surface area contributed by atoms with Gasteiger partial charge < -0.3 is 4.90 Å². The summed E-state index contributed by atoms with van der Waals surface area (Å²) in [4.78, 5) is 16.1. The normalized spacial score (nSPS) is 18.5. The second-order valence-electron chi connectivity index (χ2n) is 6.38. The van der Waals surface area contributed by atoms with Crippen LogP contribution < -0.4 is 0 Å². The second kappa shape index (κ2) is 7.50. The quantitative estimate of drug-likeness (QED) is 0.799. The highest BCUT2D eigenvalue weighted by atomic mass is 19.4. The van der Waals surface area contributed by atoms with Crippen molar-refractivity contribution in [1.29, 1.82) is 0 Å². The van der Waals surface area contributed by atoms with E-state index in [0.29, 0.717) is 25.1 Å². The van der Waals surface area contributed by atoms with Crippen LogP contribution in [0.4, 0.5) is 13.2 Å². The Labute approximate surface area is 151 Å². The Morgan fingerprint density at radius 1 is 1.08 bits per heavy atom. The lowest BCUT2D eigenvalue weighted by Crippen LogP contribution is -2.33. The van der Waals surface area contributed by atoms with Gasteiger partial charge in [0.25, 0.3) is 0 Å². The standard InChI is InChI=1S/C20H21F3N2O/c1-2-24-14-18(26)25(12-11-15-7-4-3-5-8-15)19(24)16-9-6-10-17(13-16)20(21,22)23/h3-10,13,19H,2,11-12,14H2,1H3. The van der Waals surface area contributed by atoms with Gasteiger partial charge in [-0.25, -0.2) is 0 Å². The Kier molecular flexibility index (Phi) is 5.32. The molecule has 1 heterocycles. The summed E-state index contributed by atoms with van der Waals surface area (Å²) in [6.07, 6.45) is -4.19. The molecule has 6 heteroatoms. The average Bonchev–Trinajstić information content (AvgIpc) is 2.96. The predicted molar refractivity (Wildman–Crippen MR) is 93.3 cm³/mol. The number of nitrogens with zero attached hydrogens (tertiary/aromatic N) is 2. The minimum Gasteiger partial charge on any atom is -0.321 e. The first-order valence-corrected chi connectivity index (χ1v) is 8.64. The molecule has 1 aliphatic heterocycles. The lowest BCUT2D eigenvalue weighted by molar-refractivity contribution is -0.137. The van der Waals surface area contributed by atoms with Gasteiger partial charge in [0.15, 0.2) is 0 Å². The molecular formula is C20H21F3N2O. The number of carbonyl (C=O) groups is 1. The molecule has 3 rings (SSSR count). The summed E-state index contributed by atoms with van der Waals surface area (Å²) in [7, 11) is 0. The number of hydrogen-bond acceptors (Lipinski definition) is 2. The first kappa shape index (κ1) is 18.5. The lowest BCUT2D eigenvalue weighted by atomic mass is 10.1. The minimum atomic E-state index is -4.40. The number of carbonyl (C=O) groups excluding carboxylic acids is 1. The molecule has 1 atom stereocenters. The topological polar surface area (TPSA) is 23.6 Å². The van der Waals surface area contributed by atoms with Crippen molar-refractivity contribution in [2.75, 3.05) is 19.6 Å². The molecule has 3 nitrogen and oxygen atoms in total. The molecular weight excluding hydrogens is 341 g/mol. The van der Waals surface area contributed by atoms with E-state index in [1.54, 1.807) is 11.0 Å². The maximum atomic E-state index is 13.1. The fraction of sp³-hybridized carbons (Fsp3) is 0.350. The van der Waals surface area contributed by atoms with E-state index < -0.39 is 17.9 Å². The number of alkyl halides is 3. The molecule has 0 aromatic heterocycles. The first-order valence-electron chi connectivity index (χ1n) is 8.64. The zero-order valence-corrected chi connectivity index (χ0v) is 14.5. The van der Waals surface area contributed by atoms with E-state index in [4.69, 9.17) is 0 Å². The molecule has 0 radical (unpaired) electrons. The fourth-order valence-corrected chi connectivity index (χ4v) is 3.38. The SMILES string of the molecule is CCN1CC(=O)N(CCc2ccccc2)C1c1cccc(C(F)(F)F)c1. The van der Waals surface area contributed by atoms with Crippen molar-refractivity contribution in [2.45, 2.75) is 25.7 Å². The zero-order chi connectivity index (χ0) is 18.7. The van der Waals surface area contributed by atoms with Crippen LogP contribution in [0.3, 0.4) is 0 Å². The summed E-state index contributed by atoms with van der Waals surface area (Å²) < 4.78 is 39.2. The highest BCUT2D eigenvalue weighted by Crippen LogP contribution is 2.35. The van der Waals surface area contributed by atoms with Crippen molar-refractivity contribution in [2.24, 2.45) is 0 Å². The summed E-state index contributed by atoms with van der Waals surface area (Å²) in [5, 5.41) is 0. The summed E-state index contributed by atoms with van der Waals surface area (Å²) in [5.74, 6) is -0.0507. The van der Waals surface area contributed by atoms with Gasteiger partial charge in [-0.1, -0.05) is 49.4 Å². The predicted octanol–water partition coefficient (Wildman–Crippen LogP) is 4.11. The maximum absolute atomic E-state index is 13.1. The molecule has 0 aliphatic carbocycles. The van der Waals surface area contributed by atoms with Crippen molar-refractivity contribution < 1.29 is 18.0 Å². The van der Waals surface area contributed by atoms with Gasteiger partial charge in [-0.2, -0.15) is 13.2 Å². The Hall–Kier alpha value is -2.34. The highest BCUT2D eigenvalue weighted by Gasteiger charge is 2.39. The summed E-state index contributed by atoms with van der Waals surface area (Å²) in [5.41, 5.74) is 0.909. The number of rotatable bonds is 5. The van der Waals surface area contributed by atoms with Crippen molar-refractivity contribution >= 4 is 5.91 Å². The van der Waals surface area contributed by atoms with Crippen LogP contribution >= 0.6 is 0 Å². The number of halogens is 3. The van der Waals surface area contributed by atoms with E-state index in [1.165, 1.54) is 6.07 Å². The number of amides is 1. The van der Waals surface area contributed by atoms with Crippen LogP contribution in [0.25, 0.3) is 0 Å². The summed E-state index contributed by atoms with van der Waals surface area (Å²) >= 11 is 0. The van der Waals surface area contributed by atoms with Gasteiger partial charge in [0.1, 0.15) is 6.17 Å². The monoisotopic (exact) mass is 362 g/mol. The van der Waals surface area contributed by atoms with Gasteiger partial charge >= 0.3 is 6.18 Å². The molecule has 1 aliphatic rings. The molecule has 1 amide bonds. The van der Waals surface area contributed by atoms with Crippen LogP contribution in [-0.4, -0.2) is 35.3 Å². The second-order valence-corrected chi connectivity index (χ2v) is 6.38. The third kappa shape index (κ3) is 3.90. The smallest absolute Gasteiger partial charge is 0.321 e. The van der Waals surface area contributed by atoms with Crippen LogP contribution in [0, 0.1) is 0 Å². The van der Waals surface area contributed by atoms with Gasteiger partial charge in [0.2, 0.25) is 5.91 Å². The van der Waals surface area contributed by atoms with Crippen molar-refractivity contribution in [1.82, 2.24) is 9.80 Å². The average molecular weight is 362 g/mol. The summed E-state index contributed by atoms with van der Waals surface area (Å²) in [6, 6.07) is 15.0. The van der Waals surface area contributed by atoms with E-state index >= 15 is 0 Å². The van der Waals surface area contributed by atoms with Gasteiger partial charge in [0.05, 0.1) is 12.1 Å². The lowest BCUT2D eigenvalue weighted by Gasteiger charge is -2.30. The largest absolute Gasteiger partial charge is 0.416 e. The van der Waals surface area contributed by atoms with Crippen molar-refractivity contribution in [3.8, 4) is 0 Å². The van der Waals surface area contributed by atoms with Gasteiger partial charge in [-0.05, 0) is 36.2 Å². The third-order valence-electron chi connectivity index (χ3n) is 4.70. The Bertz CT molecular complexity index is 761. The third-order valence-corrected chi connectivity index (χ3v) is 4.70. The molecule has 1 unspecified atom stereocenters.